The third kappa shape index (κ3) is 4.27. The molecule has 7 heteroatoms. The molecule has 1 aromatic carbocycles. The number of aromatic nitrogens is 1. The fourth-order valence-corrected chi connectivity index (χ4v) is 1.46. The number of nitrogen functional groups attached to an aromatic ring is 1. The van der Waals surface area contributed by atoms with Crippen molar-refractivity contribution >= 4 is 23.3 Å². The van der Waals surface area contributed by atoms with Crippen LogP contribution in [-0.2, 0) is 9.53 Å². The molecule has 3 N–H and O–H groups in total. The number of nitrogens with two attached hydrogens (primary N) is 1. The Morgan fingerprint density at radius 1 is 1.19 bits per heavy atom. The average Bonchev–Trinajstić information content (AvgIpc) is 2.48. The number of benzene rings is 1. The Hall–Kier alpha value is -2.96. The summed E-state index contributed by atoms with van der Waals surface area (Å²) in [5.41, 5.74) is 6.32. The molecular weight excluding hydrogens is 277 g/mol. The van der Waals surface area contributed by atoms with Gasteiger partial charge in [-0.3, -0.25) is 4.79 Å². The molecule has 0 aliphatic heterocycles. The highest BCUT2D eigenvalue weighted by atomic mass is 19.1. The van der Waals surface area contributed by atoms with Gasteiger partial charge in [0.15, 0.2) is 6.61 Å². The first-order chi connectivity index (χ1) is 10.0. The number of ether oxygens (including phenoxy) is 1. The number of anilines is 2. The van der Waals surface area contributed by atoms with Crippen LogP contribution in [0.25, 0.3) is 0 Å². The number of nitrogens with zero attached hydrogens (tertiary/aromatic N) is 1. The molecule has 0 aliphatic rings. The van der Waals surface area contributed by atoms with E-state index in [2.05, 4.69) is 10.3 Å². The van der Waals surface area contributed by atoms with Crippen LogP contribution in [0.5, 0.6) is 0 Å². The molecule has 0 atom stereocenters. The summed E-state index contributed by atoms with van der Waals surface area (Å²) in [6.45, 7) is -0.470. The first kappa shape index (κ1) is 14.4. The van der Waals surface area contributed by atoms with E-state index >= 15 is 0 Å². The van der Waals surface area contributed by atoms with Gasteiger partial charge in [-0.2, -0.15) is 0 Å². The minimum atomic E-state index is -0.732. The van der Waals surface area contributed by atoms with Gasteiger partial charge in [-0.25, -0.2) is 14.2 Å². The Morgan fingerprint density at radius 2 is 1.90 bits per heavy atom. The maximum atomic E-state index is 12.7. The van der Waals surface area contributed by atoms with E-state index < -0.39 is 24.3 Å². The maximum Gasteiger partial charge on any atom is 0.357 e. The minimum Gasteiger partial charge on any atom is -0.451 e. The third-order valence-electron chi connectivity index (χ3n) is 2.46. The molecule has 0 bridgehead atoms. The van der Waals surface area contributed by atoms with E-state index in [0.29, 0.717) is 11.4 Å². The summed E-state index contributed by atoms with van der Waals surface area (Å²) in [4.78, 5) is 26.9. The molecular formula is C14H12FN3O3. The van der Waals surface area contributed by atoms with Crippen LogP contribution in [-0.4, -0.2) is 23.5 Å². The van der Waals surface area contributed by atoms with Crippen LogP contribution in [0, 0.1) is 5.82 Å². The van der Waals surface area contributed by atoms with Gasteiger partial charge in [0.05, 0.1) is 11.9 Å². The number of halogens is 1. The summed E-state index contributed by atoms with van der Waals surface area (Å²) in [6, 6.07) is 8.12. The monoisotopic (exact) mass is 289 g/mol. The van der Waals surface area contributed by atoms with Crippen molar-refractivity contribution in [3.63, 3.8) is 0 Å². The lowest BCUT2D eigenvalue weighted by atomic mass is 10.3. The largest absolute Gasteiger partial charge is 0.451 e. The van der Waals surface area contributed by atoms with Crippen molar-refractivity contribution in [3.8, 4) is 0 Å². The topological polar surface area (TPSA) is 94.3 Å². The Labute approximate surface area is 119 Å². The highest BCUT2D eigenvalue weighted by Gasteiger charge is 2.11. The lowest BCUT2D eigenvalue weighted by molar-refractivity contribution is -0.119. The number of rotatable bonds is 4. The van der Waals surface area contributed by atoms with Crippen LogP contribution in [0.2, 0.25) is 0 Å². The van der Waals surface area contributed by atoms with E-state index in [9.17, 15) is 14.0 Å². The van der Waals surface area contributed by atoms with E-state index in [-0.39, 0.29) is 5.69 Å². The first-order valence-electron chi connectivity index (χ1n) is 5.98. The molecule has 0 aliphatic carbocycles. The summed E-state index contributed by atoms with van der Waals surface area (Å²) in [5.74, 6) is -1.68. The van der Waals surface area contributed by atoms with Crippen molar-refractivity contribution in [2.75, 3.05) is 17.7 Å². The average molecular weight is 289 g/mol. The van der Waals surface area contributed by atoms with Gasteiger partial charge >= 0.3 is 5.97 Å². The zero-order valence-electron chi connectivity index (χ0n) is 10.9. The number of amides is 1. The number of carbonyl (C=O) groups excluding carboxylic acids is 2. The number of carbonyl (C=O) groups is 2. The lowest BCUT2D eigenvalue weighted by Crippen LogP contribution is -2.21. The van der Waals surface area contributed by atoms with Crippen LogP contribution in [0.3, 0.4) is 0 Å². The Kier molecular flexibility index (Phi) is 4.45. The molecule has 0 spiro atoms. The maximum absolute atomic E-state index is 12.7. The molecule has 2 aromatic rings. The van der Waals surface area contributed by atoms with E-state index in [4.69, 9.17) is 10.5 Å². The molecule has 108 valence electrons. The number of hydrogen-bond donors (Lipinski definition) is 2. The van der Waals surface area contributed by atoms with Crippen LogP contribution in [0.4, 0.5) is 15.8 Å². The Balaban J connectivity index is 1.84. The molecule has 21 heavy (non-hydrogen) atoms. The van der Waals surface area contributed by atoms with E-state index in [1.165, 1.54) is 42.6 Å². The summed E-state index contributed by atoms with van der Waals surface area (Å²) in [7, 11) is 0. The van der Waals surface area contributed by atoms with Crippen molar-refractivity contribution in [2.45, 2.75) is 0 Å². The van der Waals surface area contributed by atoms with Crippen LogP contribution in [0.15, 0.2) is 42.6 Å². The molecule has 1 amide bonds. The predicted molar refractivity (Wildman–Crippen MR) is 74.0 cm³/mol. The predicted octanol–water partition coefficient (Wildman–Crippen LogP) is 1.60. The summed E-state index contributed by atoms with van der Waals surface area (Å²) >= 11 is 0. The highest BCUT2D eigenvalue weighted by molar-refractivity contribution is 5.94. The second kappa shape index (κ2) is 6.47. The second-order valence-corrected chi connectivity index (χ2v) is 4.11. The molecule has 1 aromatic heterocycles. The second-order valence-electron chi connectivity index (χ2n) is 4.11. The van der Waals surface area contributed by atoms with Crippen LogP contribution >= 0.6 is 0 Å². The molecule has 0 fully saturated rings. The van der Waals surface area contributed by atoms with Crippen molar-refractivity contribution < 1.29 is 18.7 Å². The number of hydrogen-bond acceptors (Lipinski definition) is 5. The summed E-state index contributed by atoms with van der Waals surface area (Å²) in [5, 5.41) is 2.46. The smallest absolute Gasteiger partial charge is 0.357 e. The van der Waals surface area contributed by atoms with Crippen LogP contribution < -0.4 is 11.1 Å². The highest BCUT2D eigenvalue weighted by Crippen LogP contribution is 2.08. The fourth-order valence-electron chi connectivity index (χ4n) is 1.46. The molecule has 0 saturated carbocycles. The van der Waals surface area contributed by atoms with Crippen molar-refractivity contribution in [2.24, 2.45) is 0 Å². The van der Waals surface area contributed by atoms with Crippen molar-refractivity contribution in [1.29, 1.82) is 0 Å². The van der Waals surface area contributed by atoms with Gasteiger partial charge in [-0.15, -0.1) is 0 Å². The van der Waals surface area contributed by atoms with Gasteiger partial charge in [-0.1, -0.05) is 0 Å². The molecule has 0 saturated heterocycles. The number of nitrogens with one attached hydrogen (secondary N) is 1. The van der Waals surface area contributed by atoms with E-state index in [0.717, 1.165) is 0 Å². The molecule has 0 unspecified atom stereocenters. The Bertz CT molecular complexity index is 642. The van der Waals surface area contributed by atoms with Crippen molar-refractivity contribution in [1.82, 2.24) is 4.98 Å². The zero-order chi connectivity index (χ0) is 15.2. The van der Waals surface area contributed by atoms with Gasteiger partial charge in [0.2, 0.25) is 0 Å². The van der Waals surface area contributed by atoms with Crippen LogP contribution in [0.1, 0.15) is 10.5 Å². The Morgan fingerprint density at radius 3 is 2.52 bits per heavy atom. The standard InChI is InChI=1S/C14H12FN3O3/c15-9-1-4-11(5-2-9)18-13(19)8-21-14(20)12-6-3-10(16)7-17-12/h1-7H,8,16H2,(H,18,19). The molecule has 2 rings (SSSR count). The normalized spacial score (nSPS) is 9.95. The van der Waals surface area contributed by atoms with Crippen molar-refractivity contribution in [3.05, 3.63) is 54.1 Å². The SMILES string of the molecule is Nc1ccc(C(=O)OCC(=O)Nc2ccc(F)cc2)nc1. The van der Waals surface area contributed by atoms with Gasteiger partial charge < -0.3 is 15.8 Å². The van der Waals surface area contributed by atoms with Gasteiger partial charge in [-0.05, 0) is 36.4 Å². The lowest BCUT2D eigenvalue weighted by Gasteiger charge is -2.06. The van der Waals surface area contributed by atoms with E-state index in [1.807, 2.05) is 0 Å². The third-order valence-corrected chi connectivity index (χ3v) is 2.46. The zero-order valence-corrected chi connectivity index (χ0v) is 10.9. The van der Waals surface area contributed by atoms with Gasteiger partial charge in [0.25, 0.3) is 5.91 Å². The first-order valence-corrected chi connectivity index (χ1v) is 5.98. The number of esters is 1. The summed E-state index contributed by atoms with van der Waals surface area (Å²) in [6.07, 6.45) is 1.31. The molecule has 6 nitrogen and oxygen atoms in total. The van der Waals surface area contributed by atoms with Gasteiger partial charge in [0, 0.05) is 5.69 Å². The molecule has 0 radical (unpaired) electrons. The quantitative estimate of drug-likeness (QED) is 0.834. The fraction of sp³-hybridized carbons (Fsp3) is 0.0714. The summed E-state index contributed by atoms with van der Waals surface area (Å²) < 4.78 is 17.5. The number of pyridine rings is 1. The molecule has 1 heterocycles. The minimum absolute atomic E-state index is 0.0544. The van der Waals surface area contributed by atoms with Gasteiger partial charge in [0.1, 0.15) is 11.5 Å². The van der Waals surface area contributed by atoms with E-state index in [1.54, 1.807) is 0 Å².